The van der Waals surface area contributed by atoms with Gasteiger partial charge in [-0.1, -0.05) is 30.7 Å². The minimum Gasteiger partial charge on any atom is -0.493 e. The third kappa shape index (κ3) is 4.34. The molecule has 1 aliphatic rings. The van der Waals surface area contributed by atoms with Gasteiger partial charge in [0, 0.05) is 5.02 Å². The summed E-state index contributed by atoms with van der Waals surface area (Å²) in [6.07, 6.45) is 2.61. The quantitative estimate of drug-likeness (QED) is 0.558. The normalized spacial score (nSPS) is 16.6. The van der Waals surface area contributed by atoms with Gasteiger partial charge in [0.05, 0.1) is 23.8 Å². The summed E-state index contributed by atoms with van der Waals surface area (Å²) in [7, 11) is 1.57. The van der Waals surface area contributed by atoms with Gasteiger partial charge in [-0.25, -0.2) is 4.90 Å². The standard InChI is InChI=1S/C21H20ClNO4S/c1-4-13(2)27-17-9-8-14(10-18(17)26-3)11-19-20(24)23(21(25)28-19)16-7-5-6-15(22)12-16/h5-13H,4H2,1-3H3/b19-11+/t13-/m0/s1. The molecule has 1 heterocycles. The Kier molecular flexibility index (Phi) is 6.31. The van der Waals surface area contributed by atoms with Crippen molar-refractivity contribution in [2.45, 2.75) is 26.4 Å². The first-order valence-electron chi connectivity index (χ1n) is 8.81. The molecule has 0 radical (unpaired) electrons. The molecule has 1 aliphatic heterocycles. The highest BCUT2D eigenvalue weighted by molar-refractivity contribution is 8.19. The zero-order valence-corrected chi connectivity index (χ0v) is 17.3. The molecule has 1 fully saturated rings. The van der Waals surface area contributed by atoms with Crippen molar-refractivity contribution in [1.82, 2.24) is 0 Å². The number of methoxy groups -OCH3 is 1. The first-order chi connectivity index (χ1) is 13.4. The summed E-state index contributed by atoms with van der Waals surface area (Å²) in [5, 5.41) is 0.101. The van der Waals surface area contributed by atoms with Gasteiger partial charge in [-0.2, -0.15) is 0 Å². The average Bonchev–Trinajstić information content (AvgIpc) is 2.95. The average molecular weight is 418 g/mol. The van der Waals surface area contributed by atoms with E-state index in [1.54, 1.807) is 49.6 Å². The molecule has 2 amide bonds. The van der Waals surface area contributed by atoms with Crippen molar-refractivity contribution in [2.24, 2.45) is 0 Å². The number of imide groups is 1. The monoisotopic (exact) mass is 417 g/mol. The Bertz CT molecular complexity index is 944. The Morgan fingerprint density at radius 3 is 2.64 bits per heavy atom. The minimum absolute atomic E-state index is 0.0638. The number of carbonyl (C=O) groups is 2. The number of benzene rings is 2. The van der Waals surface area contributed by atoms with E-state index in [2.05, 4.69) is 0 Å². The van der Waals surface area contributed by atoms with Crippen LogP contribution in [-0.2, 0) is 4.79 Å². The van der Waals surface area contributed by atoms with Crippen LogP contribution >= 0.6 is 23.4 Å². The molecule has 0 aliphatic carbocycles. The molecular weight excluding hydrogens is 398 g/mol. The number of hydrogen-bond acceptors (Lipinski definition) is 5. The lowest BCUT2D eigenvalue weighted by molar-refractivity contribution is -0.113. The topological polar surface area (TPSA) is 55.8 Å². The molecule has 146 valence electrons. The Balaban J connectivity index is 1.87. The summed E-state index contributed by atoms with van der Waals surface area (Å²) in [5.74, 6) is 0.834. The highest BCUT2D eigenvalue weighted by atomic mass is 35.5. The maximum atomic E-state index is 12.8. The van der Waals surface area contributed by atoms with Crippen molar-refractivity contribution in [3.05, 3.63) is 58.0 Å². The molecule has 7 heteroatoms. The molecule has 0 aromatic heterocycles. The number of halogens is 1. The van der Waals surface area contributed by atoms with Crippen LogP contribution < -0.4 is 14.4 Å². The second-order valence-electron chi connectivity index (χ2n) is 6.24. The van der Waals surface area contributed by atoms with Gasteiger partial charge in [0.15, 0.2) is 11.5 Å². The molecule has 0 bridgehead atoms. The smallest absolute Gasteiger partial charge is 0.298 e. The van der Waals surface area contributed by atoms with E-state index in [-0.39, 0.29) is 17.3 Å². The minimum atomic E-state index is -0.379. The number of anilines is 1. The van der Waals surface area contributed by atoms with E-state index in [9.17, 15) is 9.59 Å². The van der Waals surface area contributed by atoms with E-state index in [1.807, 2.05) is 19.9 Å². The Labute approximate surface area is 173 Å². The van der Waals surface area contributed by atoms with Crippen LogP contribution in [0.15, 0.2) is 47.4 Å². The number of thioether (sulfide) groups is 1. The molecule has 1 atom stereocenters. The summed E-state index contributed by atoms with van der Waals surface area (Å²) >= 11 is 6.88. The van der Waals surface area contributed by atoms with Gasteiger partial charge < -0.3 is 9.47 Å². The SMILES string of the molecule is CC[C@H](C)Oc1ccc(/C=C2/SC(=O)N(c3cccc(Cl)c3)C2=O)cc1OC. The lowest BCUT2D eigenvalue weighted by Gasteiger charge is -2.15. The number of nitrogens with zero attached hydrogens (tertiary/aromatic N) is 1. The lowest BCUT2D eigenvalue weighted by atomic mass is 10.1. The zero-order chi connectivity index (χ0) is 20.3. The van der Waals surface area contributed by atoms with Gasteiger partial charge in [-0.05, 0) is 67.1 Å². The van der Waals surface area contributed by atoms with Crippen molar-refractivity contribution >= 4 is 46.3 Å². The highest BCUT2D eigenvalue weighted by Crippen LogP contribution is 2.37. The van der Waals surface area contributed by atoms with Crippen LogP contribution in [0.5, 0.6) is 11.5 Å². The molecule has 5 nitrogen and oxygen atoms in total. The summed E-state index contributed by atoms with van der Waals surface area (Å²) in [4.78, 5) is 26.6. The predicted octanol–water partition coefficient (Wildman–Crippen LogP) is 5.77. The van der Waals surface area contributed by atoms with Gasteiger partial charge in [0.1, 0.15) is 0 Å². The van der Waals surface area contributed by atoms with E-state index in [4.69, 9.17) is 21.1 Å². The number of ether oxygens (including phenoxy) is 2. The lowest BCUT2D eigenvalue weighted by Crippen LogP contribution is -2.27. The Hall–Kier alpha value is -2.44. The molecule has 1 saturated heterocycles. The molecule has 28 heavy (non-hydrogen) atoms. The highest BCUT2D eigenvalue weighted by Gasteiger charge is 2.36. The van der Waals surface area contributed by atoms with E-state index in [1.165, 1.54) is 0 Å². The van der Waals surface area contributed by atoms with Crippen LogP contribution in [0, 0.1) is 0 Å². The predicted molar refractivity (Wildman–Crippen MR) is 113 cm³/mol. The van der Waals surface area contributed by atoms with Gasteiger partial charge in [0.2, 0.25) is 0 Å². The number of amides is 2. The summed E-state index contributed by atoms with van der Waals surface area (Å²) in [6, 6.07) is 12.1. The second-order valence-corrected chi connectivity index (χ2v) is 7.67. The molecule has 2 aromatic carbocycles. The fraction of sp³-hybridized carbons (Fsp3) is 0.238. The van der Waals surface area contributed by atoms with Crippen molar-refractivity contribution < 1.29 is 19.1 Å². The largest absolute Gasteiger partial charge is 0.493 e. The van der Waals surface area contributed by atoms with Gasteiger partial charge >= 0.3 is 0 Å². The zero-order valence-electron chi connectivity index (χ0n) is 15.8. The molecule has 0 saturated carbocycles. The van der Waals surface area contributed by atoms with Gasteiger partial charge in [-0.15, -0.1) is 0 Å². The summed E-state index contributed by atoms with van der Waals surface area (Å²) in [5.41, 5.74) is 1.19. The molecular formula is C21H20ClNO4S. The first kappa shape index (κ1) is 20.3. The van der Waals surface area contributed by atoms with Crippen LogP contribution in [0.2, 0.25) is 5.02 Å². The fourth-order valence-corrected chi connectivity index (χ4v) is 3.65. The van der Waals surface area contributed by atoms with Crippen LogP contribution in [0.25, 0.3) is 6.08 Å². The molecule has 0 spiro atoms. The van der Waals surface area contributed by atoms with E-state index >= 15 is 0 Å². The summed E-state index contributed by atoms with van der Waals surface area (Å²) in [6.45, 7) is 4.03. The molecule has 0 N–H and O–H groups in total. The second kappa shape index (κ2) is 8.71. The van der Waals surface area contributed by atoms with Crippen molar-refractivity contribution in [3.63, 3.8) is 0 Å². The van der Waals surface area contributed by atoms with Gasteiger partial charge in [-0.3, -0.25) is 9.59 Å². The van der Waals surface area contributed by atoms with E-state index in [0.29, 0.717) is 27.1 Å². The van der Waals surface area contributed by atoms with Crippen molar-refractivity contribution in [3.8, 4) is 11.5 Å². The van der Waals surface area contributed by atoms with Gasteiger partial charge in [0.25, 0.3) is 11.1 Å². The Morgan fingerprint density at radius 1 is 1.18 bits per heavy atom. The fourth-order valence-electron chi connectivity index (χ4n) is 2.63. The number of carbonyl (C=O) groups excluding carboxylic acids is 2. The van der Waals surface area contributed by atoms with Crippen LogP contribution in [0.3, 0.4) is 0 Å². The van der Waals surface area contributed by atoms with E-state index in [0.717, 1.165) is 28.6 Å². The van der Waals surface area contributed by atoms with Crippen molar-refractivity contribution in [2.75, 3.05) is 12.0 Å². The molecule has 3 rings (SSSR count). The number of hydrogen-bond donors (Lipinski definition) is 0. The summed E-state index contributed by atoms with van der Waals surface area (Å²) < 4.78 is 11.3. The van der Waals surface area contributed by atoms with Crippen LogP contribution in [0.1, 0.15) is 25.8 Å². The van der Waals surface area contributed by atoms with Crippen LogP contribution in [-0.4, -0.2) is 24.4 Å². The maximum absolute atomic E-state index is 12.8. The first-order valence-corrected chi connectivity index (χ1v) is 10.0. The molecule has 0 unspecified atom stereocenters. The molecule has 2 aromatic rings. The third-order valence-corrected chi connectivity index (χ3v) is 5.35. The third-order valence-electron chi connectivity index (χ3n) is 4.25. The van der Waals surface area contributed by atoms with E-state index < -0.39 is 0 Å². The van der Waals surface area contributed by atoms with Crippen molar-refractivity contribution in [1.29, 1.82) is 0 Å². The van der Waals surface area contributed by atoms with Crippen LogP contribution in [0.4, 0.5) is 10.5 Å². The maximum Gasteiger partial charge on any atom is 0.298 e. The Morgan fingerprint density at radius 2 is 1.96 bits per heavy atom. The number of rotatable bonds is 6.